The molecule has 4 rings (SSSR count). The molecule has 0 radical (unpaired) electrons. The summed E-state index contributed by atoms with van der Waals surface area (Å²) >= 11 is 2.83. The smallest absolute Gasteiger partial charge is 0.222 e. The van der Waals surface area contributed by atoms with Crippen LogP contribution in [0.15, 0.2) is 65.1 Å². The monoisotopic (exact) mass is 421 g/mol. The molecule has 0 aliphatic rings. The zero-order valence-electron chi connectivity index (χ0n) is 15.7. The van der Waals surface area contributed by atoms with Gasteiger partial charge in [0, 0.05) is 27.5 Å². The first-order chi connectivity index (χ1) is 14.0. The summed E-state index contributed by atoms with van der Waals surface area (Å²) < 4.78 is 0.751. The number of fused-ring (bicyclic) bond motifs is 1. The van der Waals surface area contributed by atoms with Gasteiger partial charge in [-0.1, -0.05) is 60.3 Å². The number of carbonyl (C=O) groups is 2. The number of amides is 1. The summed E-state index contributed by atoms with van der Waals surface area (Å²) in [6, 6.07) is 17.5. The molecule has 3 N–H and O–H groups in total. The van der Waals surface area contributed by atoms with Gasteiger partial charge in [0.25, 0.3) is 0 Å². The second-order valence-corrected chi connectivity index (χ2v) is 9.09. The Morgan fingerprint density at radius 3 is 2.62 bits per heavy atom. The van der Waals surface area contributed by atoms with E-state index in [1.54, 1.807) is 6.20 Å². The van der Waals surface area contributed by atoms with Crippen molar-refractivity contribution < 1.29 is 9.59 Å². The van der Waals surface area contributed by atoms with E-state index >= 15 is 0 Å². The Bertz CT molecular complexity index is 1180. The van der Waals surface area contributed by atoms with Gasteiger partial charge >= 0.3 is 0 Å². The van der Waals surface area contributed by atoms with E-state index in [2.05, 4.69) is 9.97 Å². The Kier molecular flexibility index (Phi) is 5.51. The molecular formula is C22H19N3O2S2. The molecule has 7 heteroatoms. The molecule has 0 unspecified atom stereocenters. The first kappa shape index (κ1) is 19.4. The highest BCUT2D eigenvalue weighted by atomic mass is 32.2. The van der Waals surface area contributed by atoms with E-state index < -0.39 is 5.25 Å². The topological polar surface area (TPSA) is 88.8 Å². The third-order valence-corrected chi connectivity index (χ3v) is 7.13. The lowest BCUT2D eigenvalue weighted by Crippen LogP contribution is -2.13. The molecule has 0 saturated heterocycles. The molecule has 1 amide bonds. The summed E-state index contributed by atoms with van der Waals surface area (Å²) in [5.74, 6) is -0.370. The van der Waals surface area contributed by atoms with Crippen LogP contribution < -0.4 is 5.73 Å². The Morgan fingerprint density at radius 2 is 1.86 bits per heavy atom. The van der Waals surface area contributed by atoms with Crippen LogP contribution in [-0.2, 0) is 11.2 Å². The average Bonchev–Trinajstić information content (AvgIpc) is 3.29. The second-order valence-electron chi connectivity index (χ2n) is 6.65. The lowest BCUT2D eigenvalue weighted by atomic mass is 10.0. The van der Waals surface area contributed by atoms with Crippen molar-refractivity contribution in [3.05, 3.63) is 82.5 Å². The highest BCUT2D eigenvalue weighted by molar-refractivity contribution is 8.01. The van der Waals surface area contributed by atoms with Crippen LogP contribution in [0.2, 0.25) is 0 Å². The van der Waals surface area contributed by atoms with Crippen LogP contribution >= 0.6 is 23.1 Å². The van der Waals surface area contributed by atoms with E-state index in [9.17, 15) is 9.59 Å². The lowest BCUT2D eigenvalue weighted by molar-refractivity contribution is -0.117. The summed E-state index contributed by atoms with van der Waals surface area (Å²) in [6.07, 6.45) is 1.94. The predicted octanol–water partition coefficient (Wildman–Crippen LogP) is 4.68. The number of primary amides is 1. The number of H-pyrrole nitrogens is 1. The number of aromatic amines is 1. The molecule has 0 saturated carbocycles. The molecule has 0 aliphatic heterocycles. The van der Waals surface area contributed by atoms with E-state index in [0.29, 0.717) is 5.56 Å². The van der Waals surface area contributed by atoms with Crippen molar-refractivity contribution in [1.29, 1.82) is 0 Å². The number of nitrogens with one attached hydrogen (secondary N) is 1. The number of carbonyl (C=O) groups excluding carboxylic acids is 2. The summed E-state index contributed by atoms with van der Waals surface area (Å²) in [4.78, 5) is 33.4. The maximum Gasteiger partial charge on any atom is 0.222 e. The molecule has 2 aromatic heterocycles. The summed E-state index contributed by atoms with van der Waals surface area (Å²) in [5, 5.41) is 0.464. The Labute approximate surface area is 176 Å². The highest BCUT2D eigenvalue weighted by Crippen LogP contribution is 2.41. The van der Waals surface area contributed by atoms with Gasteiger partial charge in [0.1, 0.15) is 5.25 Å². The number of ketones is 1. The summed E-state index contributed by atoms with van der Waals surface area (Å²) in [7, 11) is 0. The van der Waals surface area contributed by atoms with Crippen LogP contribution in [0.3, 0.4) is 0 Å². The van der Waals surface area contributed by atoms with Crippen LogP contribution in [-0.4, -0.2) is 21.7 Å². The fourth-order valence-electron chi connectivity index (χ4n) is 3.19. The van der Waals surface area contributed by atoms with E-state index in [0.717, 1.165) is 31.4 Å². The van der Waals surface area contributed by atoms with Gasteiger partial charge in [-0.2, -0.15) is 0 Å². The molecule has 0 bridgehead atoms. The third kappa shape index (κ3) is 4.11. The number of aromatic nitrogens is 2. The van der Waals surface area contributed by atoms with Gasteiger partial charge in [-0.3, -0.25) is 9.59 Å². The highest BCUT2D eigenvalue weighted by Gasteiger charge is 2.27. The second kappa shape index (κ2) is 8.23. The number of hydrogen-bond acceptors (Lipinski definition) is 5. The van der Waals surface area contributed by atoms with Crippen LogP contribution in [0, 0.1) is 6.92 Å². The van der Waals surface area contributed by atoms with E-state index in [1.165, 1.54) is 23.1 Å². The van der Waals surface area contributed by atoms with Crippen LogP contribution in [0.5, 0.6) is 0 Å². The van der Waals surface area contributed by atoms with Gasteiger partial charge in [0.05, 0.1) is 12.1 Å². The largest absolute Gasteiger partial charge is 0.369 e. The number of nitrogens with zero attached hydrogens (tertiary/aromatic N) is 1. The molecule has 5 nitrogen and oxygen atoms in total. The molecule has 2 aromatic carbocycles. The molecule has 4 aromatic rings. The number of thioether (sulfide) groups is 1. The zero-order chi connectivity index (χ0) is 20.4. The van der Waals surface area contributed by atoms with Crippen molar-refractivity contribution in [3.8, 4) is 0 Å². The van der Waals surface area contributed by atoms with Gasteiger partial charge < -0.3 is 10.7 Å². The SMILES string of the molecule is Cc1nc(S[C@@H](C(=O)c2c[nH]c3ccccc23)c2ccccc2)sc1CC(N)=O. The molecule has 2 heterocycles. The normalized spacial score (nSPS) is 12.2. The number of rotatable bonds is 7. The molecular weight excluding hydrogens is 402 g/mol. The van der Waals surface area contributed by atoms with Crippen LogP contribution in [0.1, 0.15) is 31.7 Å². The fraction of sp³-hybridized carbons (Fsp3) is 0.136. The Morgan fingerprint density at radius 1 is 1.14 bits per heavy atom. The number of para-hydroxylation sites is 1. The van der Waals surface area contributed by atoms with Crippen molar-refractivity contribution >= 4 is 45.7 Å². The van der Waals surface area contributed by atoms with Crippen molar-refractivity contribution in [2.24, 2.45) is 5.73 Å². The third-order valence-electron chi connectivity index (χ3n) is 4.62. The van der Waals surface area contributed by atoms with Gasteiger partial charge in [-0.25, -0.2) is 4.98 Å². The molecule has 29 heavy (non-hydrogen) atoms. The summed E-state index contributed by atoms with van der Waals surface area (Å²) in [6.45, 7) is 1.86. The fourth-order valence-corrected chi connectivity index (χ4v) is 5.69. The van der Waals surface area contributed by atoms with E-state index in [1.807, 2.05) is 61.5 Å². The van der Waals surface area contributed by atoms with Crippen LogP contribution in [0.4, 0.5) is 0 Å². The first-order valence-electron chi connectivity index (χ1n) is 9.09. The zero-order valence-corrected chi connectivity index (χ0v) is 17.3. The quantitative estimate of drug-likeness (QED) is 0.335. The molecule has 0 aliphatic carbocycles. The number of hydrogen-bond donors (Lipinski definition) is 2. The standard InChI is InChI=1S/C22H19N3O2S2/c1-13-18(11-19(23)26)28-22(25-13)29-21(14-7-3-2-4-8-14)20(27)16-12-24-17-10-6-5-9-15(16)17/h2-10,12,21,24H,11H2,1H3,(H2,23,26)/t21-/m1/s1. The van der Waals surface area contributed by atoms with Crippen molar-refractivity contribution in [1.82, 2.24) is 9.97 Å². The number of Topliss-reactive ketones (excluding diaryl/α,β-unsaturated/α-hetero) is 1. The van der Waals surface area contributed by atoms with Gasteiger partial charge in [0.2, 0.25) is 5.91 Å². The lowest BCUT2D eigenvalue weighted by Gasteiger charge is -2.14. The number of benzene rings is 2. The number of nitrogens with two attached hydrogens (primary N) is 1. The Hall–Kier alpha value is -2.90. The van der Waals surface area contributed by atoms with Crippen molar-refractivity contribution in [2.75, 3.05) is 0 Å². The number of thiazole rings is 1. The predicted molar refractivity (Wildman–Crippen MR) is 117 cm³/mol. The first-order valence-corrected chi connectivity index (χ1v) is 10.8. The van der Waals surface area contributed by atoms with Gasteiger partial charge in [-0.15, -0.1) is 11.3 Å². The van der Waals surface area contributed by atoms with Crippen molar-refractivity contribution in [3.63, 3.8) is 0 Å². The molecule has 0 fully saturated rings. The Balaban J connectivity index is 1.71. The van der Waals surface area contributed by atoms with Crippen molar-refractivity contribution in [2.45, 2.75) is 22.9 Å². The minimum Gasteiger partial charge on any atom is -0.369 e. The summed E-state index contributed by atoms with van der Waals surface area (Å²) in [5.41, 5.74) is 8.62. The maximum absolute atomic E-state index is 13.6. The van der Waals surface area contributed by atoms with Gasteiger partial charge in [-0.05, 0) is 18.6 Å². The molecule has 146 valence electrons. The molecule has 0 spiro atoms. The maximum atomic E-state index is 13.6. The van der Waals surface area contributed by atoms with Gasteiger partial charge in [0.15, 0.2) is 10.1 Å². The number of aryl methyl sites for hydroxylation is 1. The van der Waals surface area contributed by atoms with E-state index in [4.69, 9.17) is 5.73 Å². The van der Waals surface area contributed by atoms with Crippen LogP contribution in [0.25, 0.3) is 10.9 Å². The molecule has 1 atom stereocenters. The van der Waals surface area contributed by atoms with E-state index in [-0.39, 0.29) is 18.1 Å². The minimum absolute atomic E-state index is 0.0166. The minimum atomic E-state index is -0.442. The average molecular weight is 422 g/mol.